The summed E-state index contributed by atoms with van der Waals surface area (Å²) in [5.74, 6) is -0.122. The summed E-state index contributed by atoms with van der Waals surface area (Å²) < 4.78 is 27.1. The summed E-state index contributed by atoms with van der Waals surface area (Å²) >= 11 is 12.1. The van der Waals surface area contributed by atoms with Gasteiger partial charge in [0, 0.05) is 32.1 Å². The van der Waals surface area contributed by atoms with E-state index >= 15 is 0 Å². The molecule has 0 radical (unpaired) electrons. The van der Waals surface area contributed by atoms with Crippen molar-refractivity contribution in [3.05, 3.63) is 28.2 Å². The second-order valence-corrected chi connectivity index (χ2v) is 9.47. The number of carbonyl (C=O) groups excluding carboxylic acids is 1. The third-order valence-corrected chi connectivity index (χ3v) is 7.95. The predicted octanol–water partition coefficient (Wildman–Crippen LogP) is 2.38. The number of likely N-dealkylation sites (tertiary alicyclic amines) is 1. The Morgan fingerprint density at radius 3 is 2.08 bits per heavy atom. The van der Waals surface area contributed by atoms with E-state index in [0.717, 1.165) is 0 Å². The van der Waals surface area contributed by atoms with Gasteiger partial charge in [-0.05, 0) is 37.8 Å². The summed E-state index contributed by atoms with van der Waals surface area (Å²) in [7, 11) is -3.79. The van der Waals surface area contributed by atoms with Crippen molar-refractivity contribution in [3.63, 3.8) is 0 Å². The van der Waals surface area contributed by atoms with Crippen LogP contribution in [0.4, 0.5) is 0 Å². The van der Waals surface area contributed by atoms with Gasteiger partial charge in [0.2, 0.25) is 15.9 Å². The molecule has 0 aliphatic carbocycles. The van der Waals surface area contributed by atoms with Gasteiger partial charge in [-0.25, -0.2) is 8.42 Å². The lowest BCUT2D eigenvalue weighted by Crippen LogP contribution is -2.47. The summed E-state index contributed by atoms with van der Waals surface area (Å²) in [4.78, 5) is 14.3. The van der Waals surface area contributed by atoms with Gasteiger partial charge in [0.15, 0.2) is 0 Å². The number of hydrogen-bond donors (Lipinski definition) is 1. The number of nitrogens with zero attached hydrogens (tertiary/aromatic N) is 2. The minimum atomic E-state index is -3.79. The van der Waals surface area contributed by atoms with Crippen LogP contribution in [0, 0.1) is 5.92 Å². The van der Waals surface area contributed by atoms with Crippen molar-refractivity contribution in [1.82, 2.24) is 9.21 Å². The largest absolute Gasteiger partial charge is 0.393 e. The number of rotatable bonds is 3. The molecule has 6 nitrogen and oxygen atoms in total. The number of carbonyl (C=O) groups is 1. The van der Waals surface area contributed by atoms with Crippen molar-refractivity contribution in [1.29, 1.82) is 0 Å². The SMILES string of the molecule is O=C(C1CCN(S(=O)(=O)c2c(Cl)cccc2Cl)CC1)N1CCC(O)CC1. The lowest BCUT2D eigenvalue weighted by Gasteiger charge is -2.36. The molecule has 0 aromatic heterocycles. The second kappa shape index (κ2) is 8.02. The molecule has 1 amide bonds. The third kappa shape index (κ3) is 4.02. The fourth-order valence-corrected chi connectivity index (χ4v) is 6.11. The van der Waals surface area contributed by atoms with E-state index in [1.165, 1.54) is 16.4 Å². The minimum absolute atomic E-state index is 0.0599. The van der Waals surface area contributed by atoms with Crippen molar-refractivity contribution < 1.29 is 18.3 Å². The molecule has 9 heteroatoms. The lowest BCUT2D eigenvalue weighted by molar-refractivity contribution is -0.138. The maximum Gasteiger partial charge on any atom is 0.246 e. The molecule has 2 saturated heterocycles. The van der Waals surface area contributed by atoms with Crippen LogP contribution in [0.1, 0.15) is 25.7 Å². The highest BCUT2D eigenvalue weighted by atomic mass is 35.5. The summed E-state index contributed by atoms with van der Waals surface area (Å²) in [6.45, 7) is 1.65. The Kier molecular flexibility index (Phi) is 6.14. The van der Waals surface area contributed by atoms with Gasteiger partial charge in [-0.15, -0.1) is 0 Å². The van der Waals surface area contributed by atoms with Crippen LogP contribution in [0.5, 0.6) is 0 Å². The Balaban J connectivity index is 1.65. The lowest BCUT2D eigenvalue weighted by atomic mass is 9.95. The molecule has 0 bridgehead atoms. The predicted molar refractivity (Wildman–Crippen MR) is 99.8 cm³/mol. The topological polar surface area (TPSA) is 77.9 Å². The molecule has 2 fully saturated rings. The highest BCUT2D eigenvalue weighted by Crippen LogP contribution is 2.33. The quantitative estimate of drug-likeness (QED) is 0.813. The van der Waals surface area contributed by atoms with E-state index < -0.39 is 10.0 Å². The number of sulfonamides is 1. The van der Waals surface area contributed by atoms with Crippen LogP contribution >= 0.6 is 23.2 Å². The molecule has 1 aromatic rings. The number of aliphatic hydroxyl groups excluding tert-OH is 1. The molecule has 0 unspecified atom stereocenters. The smallest absolute Gasteiger partial charge is 0.246 e. The van der Waals surface area contributed by atoms with Gasteiger partial charge in [-0.1, -0.05) is 29.3 Å². The standard InChI is InChI=1S/C17H22Cl2N2O4S/c18-14-2-1-3-15(19)16(14)26(24,25)21-10-4-12(5-11-21)17(23)20-8-6-13(22)7-9-20/h1-3,12-13,22H,4-11H2. The minimum Gasteiger partial charge on any atom is -0.393 e. The highest BCUT2D eigenvalue weighted by Gasteiger charge is 2.36. The van der Waals surface area contributed by atoms with Crippen LogP contribution in [0.15, 0.2) is 23.1 Å². The Bertz CT molecular complexity index is 751. The number of halogens is 2. The van der Waals surface area contributed by atoms with Crippen molar-refractivity contribution in [2.45, 2.75) is 36.7 Å². The first-order valence-electron chi connectivity index (χ1n) is 8.71. The maximum absolute atomic E-state index is 12.9. The van der Waals surface area contributed by atoms with E-state index in [1.807, 2.05) is 0 Å². The summed E-state index contributed by atoms with van der Waals surface area (Å²) in [6.07, 6.45) is 1.82. The first-order valence-corrected chi connectivity index (χ1v) is 10.9. The van der Waals surface area contributed by atoms with Gasteiger partial charge in [0.25, 0.3) is 0 Å². The fourth-order valence-electron chi connectivity index (χ4n) is 3.55. The molecule has 1 N–H and O–H groups in total. The van der Waals surface area contributed by atoms with E-state index in [2.05, 4.69) is 0 Å². The first-order chi connectivity index (χ1) is 12.3. The summed E-state index contributed by atoms with van der Waals surface area (Å²) in [5.41, 5.74) is 0. The van der Waals surface area contributed by atoms with Crippen LogP contribution in [0.25, 0.3) is 0 Å². The molecule has 3 rings (SSSR count). The third-order valence-electron chi connectivity index (χ3n) is 5.10. The normalized spacial score (nSPS) is 21.1. The molecule has 0 atom stereocenters. The van der Waals surface area contributed by atoms with Crippen LogP contribution < -0.4 is 0 Å². The molecule has 2 aliphatic rings. The van der Waals surface area contributed by atoms with E-state index in [-0.39, 0.29) is 46.0 Å². The van der Waals surface area contributed by atoms with E-state index in [1.54, 1.807) is 11.0 Å². The molecular formula is C17H22Cl2N2O4S. The number of hydrogen-bond acceptors (Lipinski definition) is 4. The van der Waals surface area contributed by atoms with E-state index in [4.69, 9.17) is 23.2 Å². The highest BCUT2D eigenvalue weighted by molar-refractivity contribution is 7.89. The number of piperidine rings is 2. The summed E-state index contributed by atoms with van der Waals surface area (Å²) in [6, 6.07) is 4.60. The zero-order valence-electron chi connectivity index (χ0n) is 14.3. The molecule has 2 heterocycles. The number of amides is 1. The average Bonchev–Trinajstić information content (AvgIpc) is 2.61. The first kappa shape index (κ1) is 19.9. The van der Waals surface area contributed by atoms with Gasteiger partial charge in [0.05, 0.1) is 16.1 Å². The number of aliphatic hydroxyl groups is 1. The Labute approximate surface area is 163 Å². The van der Waals surface area contributed by atoms with Gasteiger partial charge < -0.3 is 10.0 Å². The van der Waals surface area contributed by atoms with Crippen LogP contribution in [-0.4, -0.2) is 60.9 Å². The fraction of sp³-hybridized carbons (Fsp3) is 0.588. The maximum atomic E-state index is 12.9. The molecular weight excluding hydrogens is 399 g/mol. The van der Waals surface area contributed by atoms with Gasteiger partial charge in [-0.3, -0.25) is 4.79 Å². The monoisotopic (exact) mass is 420 g/mol. The van der Waals surface area contributed by atoms with Gasteiger partial charge >= 0.3 is 0 Å². The molecule has 144 valence electrons. The van der Waals surface area contributed by atoms with Gasteiger partial charge in [0.1, 0.15) is 4.90 Å². The zero-order chi connectivity index (χ0) is 18.9. The van der Waals surface area contributed by atoms with Crippen molar-refractivity contribution in [3.8, 4) is 0 Å². The molecule has 0 saturated carbocycles. The second-order valence-electron chi connectivity index (χ2n) is 6.79. The van der Waals surface area contributed by atoms with Crippen LogP contribution in [-0.2, 0) is 14.8 Å². The Hall–Kier alpha value is -0.860. The van der Waals surface area contributed by atoms with E-state index in [0.29, 0.717) is 38.8 Å². The molecule has 2 aliphatic heterocycles. The Morgan fingerprint density at radius 2 is 1.54 bits per heavy atom. The van der Waals surface area contributed by atoms with Crippen molar-refractivity contribution in [2.24, 2.45) is 5.92 Å². The van der Waals surface area contributed by atoms with Crippen molar-refractivity contribution in [2.75, 3.05) is 26.2 Å². The van der Waals surface area contributed by atoms with Crippen LogP contribution in [0.2, 0.25) is 10.0 Å². The average molecular weight is 421 g/mol. The van der Waals surface area contributed by atoms with Crippen LogP contribution in [0.3, 0.4) is 0 Å². The number of benzene rings is 1. The molecule has 0 spiro atoms. The Morgan fingerprint density at radius 1 is 1.00 bits per heavy atom. The van der Waals surface area contributed by atoms with E-state index in [9.17, 15) is 18.3 Å². The van der Waals surface area contributed by atoms with Crippen molar-refractivity contribution >= 4 is 39.1 Å². The van der Waals surface area contributed by atoms with Gasteiger partial charge in [-0.2, -0.15) is 4.31 Å². The zero-order valence-corrected chi connectivity index (χ0v) is 16.6. The molecule has 26 heavy (non-hydrogen) atoms. The summed E-state index contributed by atoms with van der Waals surface area (Å²) in [5, 5.41) is 9.76. The molecule has 1 aromatic carbocycles.